The van der Waals surface area contributed by atoms with E-state index in [0.717, 1.165) is 6.42 Å². The summed E-state index contributed by atoms with van der Waals surface area (Å²) in [6.07, 6.45) is 0.854. The molecule has 0 radical (unpaired) electrons. The van der Waals surface area contributed by atoms with Gasteiger partial charge in [-0.15, -0.1) is 0 Å². The average Bonchev–Trinajstić information content (AvgIpc) is 3.23. The van der Waals surface area contributed by atoms with Crippen LogP contribution >= 0.6 is 0 Å². The average molecular weight is 362 g/mol. The highest BCUT2D eigenvalue weighted by molar-refractivity contribution is 6.05. The zero-order valence-corrected chi connectivity index (χ0v) is 14.8. The third-order valence-electron chi connectivity index (χ3n) is 5.13. The number of nitrogens with zero attached hydrogens (tertiary/aromatic N) is 2. The van der Waals surface area contributed by atoms with Crippen LogP contribution in [-0.2, 0) is 9.59 Å². The number of hydrogen-bond acceptors (Lipinski definition) is 4. The van der Waals surface area contributed by atoms with E-state index in [1.165, 1.54) is 11.0 Å². The molecule has 1 aliphatic heterocycles. The molecule has 1 aromatic carbocycles. The lowest BCUT2D eigenvalue weighted by atomic mass is 9.98. The largest absolute Gasteiger partial charge is 0.394 e. The van der Waals surface area contributed by atoms with Crippen molar-refractivity contribution in [2.24, 2.45) is 11.8 Å². The molecule has 0 unspecified atom stereocenters. The second-order valence-corrected chi connectivity index (χ2v) is 6.80. The van der Waals surface area contributed by atoms with Crippen LogP contribution in [0.3, 0.4) is 0 Å². The number of aliphatic hydroxyl groups excluding tert-OH is 1. The van der Waals surface area contributed by atoms with Crippen molar-refractivity contribution in [1.82, 2.24) is 15.5 Å². The Bertz CT molecular complexity index is 822. The maximum atomic E-state index is 14.2. The van der Waals surface area contributed by atoms with Gasteiger partial charge < -0.3 is 10.4 Å². The minimum Gasteiger partial charge on any atom is -0.394 e. The van der Waals surface area contributed by atoms with Crippen molar-refractivity contribution in [2.75, 3.05) is 18.1 Å². The molecule has 2 aromatic rings. The molecule has 2 amide bonds. The summed E-state index contributed by atoms with van der Waals surface area (Å²) in [5.74, 6) is -1.24. The number of fused-ring (bicyclic) bond motifs is 1. The Hall–Kier alpha value is -2.48. The highest BCUT2D eigenvalue weighted by atomic mass is 19.1. The number of carbonyl (C=O) groups is 2. The first-order valence-corrected chi connectivity index (χ1v) is 8.80. The van der Waals surface area contributed by atoms with E-state index in [0.29, 0.717) is 5.52 Å². The Morgan fingerprint density at radius 3 is 3.00 bits per heavy atom. The quantitative estimate of drug-likeness (QED) is 0.727. The fourth-order valence-electron chi connectivity index (χ4n) is 3.25. The number of hydrogen-bond donors (Lipinski definition) is 3. The van der Waals surface area contributed by atoms with Gasteiger partial charge in [-0.25, -0.2) is 4.39 Å². The molecule has 1 fully saturated rings. The predicted molar refractivity (Wildman–Crippen MR) is 95.0 cm³/mol. The molecule has 8 heteroatoms. The van der Waals surface area contributed by atoms with E-state index in [1.807, 2.05) is 13.8 Å². The fraction of sp³-hybridized carbons (Fsp3) is 0.500. The smallest absolute Gasteiger partial charge is 0.229 e. The number of rotatable bonds is 6. The number of nitrogens with one attached hydrogen (secondary N) is 2. The zero-order valence-electron chi connectivity index (χ0n) is 14.8. The van der Waals surface area contributed by atoms with Gasteiger partial charge in [-0.05, 0) is 18.1 Å². The Labute approximate surface area is 150 Å². The van der Waals surface area contributed by atoms with Crippen LogP contribution in [0.5, 0.6) is 0 Å². The van der Waals surface area contributed by atoms with Crippen LogP contribution in [0.1, 0.15) is 26.7 Å². The fourth-order valence-corrected chi connectivity index (χ4v) is 3.25. The van der Waals surface area contributed by atoms with Gasteiger partial charge in [-0.3, -0.25) is 19.6 Å². The lowest BCUT2D eigenvalue weighted by Crippen LogP contribution is -2.45. The van der Waals surface area contributed by atoms with Crippen LogP contribution in [-0.4, -0.2) is 46.3 Å². The van der Waals surface area contributed by atoms with Crippen LogP contribution < -0.4 is 10.2 Å². The van der Waals surface area contributed by atoms with Crippen molar-refractivity contribution in [2.45, 2.75) is 32.7 Å². The number of benzene rings is 1. The molecule has 2 heterocycles. The molecule has 1 saturated heterocycles. The second kappa shape index (κ2) is 7.41. The first kappa shape index (κ1) is 18.3. The van der Waals surface area contributed by atoms with Crippen LogP contribution in [0.2, 0.25) is 0 Å². The van der Waals surface area contributed by atoms with Crippen molar-refractivity contribution < 1.29 is 19.1 Å². The topological polar surface area (TPSA) is 98.3 Å². The third kappa shape index (κ3) is 3.29. The van der Waals surface area contributed by atoms with E-state index < -0.39 is 11.7 Å². The number of aliphatic hydroxyl groups is 1. The number of H-pyrrole nitrogens is 1. The van der Waals surface area contributed by atoms with Gasteiger partial charge in [-0.2, -0.15) is 5.10 Å². The summed E-state index contributed by atoms with van der Waals surface area (Å²) in [5.41, 5.74) is 0.498. The molecule has 26 heavy (non-hydrogen) atoms. The van der Waals surface area contributed by atoms with Crippen molar-refractivity contribution >= 4 is 28.5 Å². The summed E-state index contributed by atoms with van der Waals surface area (Å²) >= 11 is 0. The van der Waals surface area contributed by atoms with Gasteiger partial charge in [0.1, 0.15) is 5.82 Å². The Morgan fingerprint density at radius 2 is 2.31 bits per heavy atom. The molecule has 0 saturated carbocycles. The van der Waals surface area contributed by atoms with E-state index in [1.54, 1.807) is 12.1 Å². The van der Waals surface area contributed by atoms with Crippen molar-refractivity contribution in [3.63, 3.8) is 0 Å². The summed E-state index contributed by atoms with van der Waals surface area (Å²) in [5, 5.41) is 19.3. The number of amides is 2. The summed E-state index contributed by atoms with van der Waals surface area (Å²) in [6, 6.07) is 4.20. The molecule has 0 aliphatic carbocycles. The Morgan fingerprint density at radius 1 is 1.54 bits per heavy atom. The van der Waals surface area contributed by atoms with E-state index >= 15 is 0 Å². The maximum absolute atomic E-state index is 14.2. The summed E-state index contributed by atoms with van der Waals surface area (Å²) in [7, 11) is 0. The van der Waals surface area contributed by atoms with Crippen molar-refractivity contribution in [3.8, 4) is 0 Å². The molecule has 1 aliphatic rings. The van der Waals surface area contributed by atoms with Crippen LogP contribution in [0.4, 0.5) is 10.2 Å². The van der Waals surface area contributed by atoms with Gasteiger partial charge in [0, 0.05) is 13.0 Å². The molecule has 140 valence electrons. The van der Waals surface area contributed by atoms with Gasteiger partial charge in [0.15, 0.2) is 5.82 Å². The summed E-state index contributed by atoms with van der Waals surface area (Å²) in [4.78, 5) is 26.3. The standard InChI is InChI=1S/C18H23FN4O3/c1-3-10(2)14(9-24)20-18(26)11-7-15(25)23(8-11)17-16-12(19)5-4-6-13(16)21-22-17/h4-6,10-11,14,24H,3,7-9H2,1-2H3,(H,20,26)(H,21,22)/t10-,11-,14-/m1/s1. The van der Waals surface area contributed by atoms with Crippen LogP contribution in [0, 0.1) is 17.7 Å². The van der Waals surface area contributed by atoms with Crippen molar-refractivity contribution in [3.05, 3.63) is 24.0 Å². The highest BCUT2D eigenvalue weighted by Crippen LogP contribution is 2.31. The maximum Gasteiger partial charge on any atom is 0.229 e. The number of carbonyl (C=O) groups excluding carboxylic acids is 2. The zero-order chi connectivity index (χ0) is 18.8. The normalized spacial score (nSPS) is 19.8. The second-order valence-electron chi connectivity index (χ2n) is 6.80. The van der Waals surface area contributed by atoms with E-state index in [2.05, 4.69) is 15.5 Å². The molecular weight excluding hydrogens is 339 g/mol. The molecule has 3 N–H and O–H groups in total. The summed E-state index contributed by atoms with van der Waals surface area (Å²) < 4.78 is 14.2. The first-order chi connectivity index (χ1) is 12.5. The van der Waals surface area contributed by atoms with E-state index in [9.17, 15) is 19.1 Å². The lowest BCUT2D eigenvalue weighted by molar-refractivity contribution is -0.127. The molecule has 0 bridgehead atoms. The number of aromatic amines is 1. The lowest BCUT2D eigenvalue weighted by Gasteiger charge is -2.23. The van der Waals surface area contributed by atoms with Crippen LogP contribution in [0.25, 0.3) is 10.9 Å². The van der Waals surface area contributed by atoms with Gasteiger partial charge in [-0.1, -0.05) is 26.3 Å². The SMILES string of the molecule is CC[C@@H](C)[C@@H](CO)NC(=O)[C@@H]1CC(=O)N(c2n[nH]c3cccc(F)c23)C1. The number of aromatic nitrogens is 2. The Kier molecular flexibility index (Phi) is 5.22. The monoisotopic (exact) mass is 362 g/mol. The van der Waals surface area contributed by atoms with Crippen LogP contribution in [0.15, 0.2) is 18.2 Å². The van der Waals surface area contributed by atoms with Crippen molar-refractivity contribution in [1.29, 1.82) is 0 Å². The van der Waals surface area contributed by atoms with Gasteiger partial charge in [0.2, 0.25) is 11.8 Å². The predicted octanol–water partition coefficient (Wildman–Crippen LogP) is 1.58. The minimum atomic E-state index is -0.556. The highest BCUT2D eigenvalue weighted by Gasteiger charge is 2.38. The molecular formula is C18H23FN4O3. The molecule has 3 atom stereocenters. The Balaban J connectivity index is 1.77. The molecule has 3 rings (SSSR count). The van der Waals surface area contributed by atoms with Gasteiger partial charge in [0.25, 0.3) is 0 Å². The molecule has 7 nitrogen and oxygen atoms in total. The van der Waals surface area contributed by atoms with Gasteiger partial charge >= 0.3 is 0 Å². The molecule has 0 spiro atoms. The first-order valence-electron chi connectivity index (χ1n) is 8.80. The molecule has 1 aromatic heterocycles. The number of anilines is 1. The summed E-state index contributed by atoms with van der Waals surface area (Å²) in [6.45, 7) is 3.92. The van der Waals surface area contributed by atoms with E-state index in [4.69, 9.17) is 0 Å². The number of halogens is 1. The van der Waals surface area contributed by atoms with Gasteiger partial charge in [0.05, 0.1) is 29.5 Å². The van der Waals surface area contributed by atoms with E-state index in [-0.39, 0.29) is 54.6 Å². The minimum absolute atomic E-state index is 0.0350. The third-order valence-corrected chi connectivity index (χ3v) is 5.13.